The van der Waals surface area contributed by atoms with Crippen LogP contribution in [0.4, 0.5) is 10.5 Å². The molecule has 0 radical (unpaired) electrons. The van der Waals surface area contributed by atoms with Crippen molar-refractivity contribution in [3.8, 4) is 0 Å². The topological polar surface area (TPSA) is 69.6 Å². The molecule has 2 atom stereocenters. The fourth-order valence-electron chi connectivity index (χ4n) is 2.90. The average molecular weight is 290 g/mol. The molecule has 1 aliphatic rings. The molecule has 0 bridgehead atoms. The number of urea groups is 1. The number of nitrogens with zero attached hydrogens (tertiary/aromatic N) is 1. The molecule has 5 heteroatoms. The number of carboxylic acid groups (broad SMARTS) is 1. The van der Waals surface area contributed by atoms with Gasteiger partial charge in [0.1, 0.15) is 0 Å². The standard InChI is InChI=1S/C16H22N2O3/c1-11-5-3-7-13(9-11)18(2)16(21)17-10-12-6-4-8-14(12)15(19)20/h3,5,7,9,12,14H,4,6,8,10H2,1-2H3,(H,17,21)(H,19,20). The van der Waals surface area contributed by atoms with Crippen molar-refractivity contribution >= 4 is 17.7 Å². The lowest BCUT2D eigenvalue weighted by Gasteiger charge is -2.21. The van der Waals surface area contributed by atoms with Crippen molar-refractivity contribution in [2.45, 2.75) is 26.2 Å². The van der Waals surface area contributed by atoms with Crippen LogP contribution in [0.2, 0.25) is 0 Å². The van der Waals surface area contributed by atoms with Gasteiger partial charge in [-0.05, 0) is 43.4 Å². The van der Waals surface area contributed by atoms with Crippen LogP contribution >= 0.6 is 0 Å². The quantitative estimate of drug-likeness (QED) is 0.895. The SMILES string of the molecule is Cc1cccc(N(C)C(=O)NCC2CCCC2C(=O)O)c1. The van der Waals surface area contributed by atoms with Crippen molar-refractivity contribution in [1.29, 1.82) is 0 Å². The van der Waals surface area contributed by atoms with E-state index in [2.05, 4.69) is 5.32 Å². The van der Waals surface area contributed by atoms with Crippen LogP contribution in [-0.4, -0.2) is 30.7 Å². The van der Waals surface area contributed by atoms with Crippen LogP contribution in [0.3, 0.4) is 0 Å². The summed E-state index contributed by atoms with van der Waals surface area (Å²) in [4.78, 5) is 24.8. The van der Waals surface area contributed by atoms with Gasteiger partial charge in [0.2, 0.25) is 0 Å². The Bertz CT molecular complexity index is 530. The van der Waals surface area contributed by atoms with Crippen molar-refractivity contribution in [2.75, 3.05) is 18.5 Å². The highest BCUT2D eigenvalue weighted by Crippen LogP contribution is 2.31. The number of rotatable bonds is 4. The van der Waals surface area contributed by atoms with Crippen LogP contribution in [0, 0.1) is 18.8 Å². The number of amides is 2. The summed E-state index contributed by atoms with van der Waals surface area (Å²) in [7, 11) is 1.72. The molecule has 2 amide bonds. The molecule has 114 valence electrons. The molecular weight excluding hydrogens is 268 g/mol. The van der Waals surface area contributed by atoms with Gasteiger partial charge >= 0.3 is 12.0 Å². The summed E-state index contributed by atoms with van der Waals surface area (Å²) in [6.45, 7) is 2.40. The Kier molecular flexibility index (Phi) is 4.83. The van der Waals surface area contributed by atoms with E-state index in [-0.39, 0.29) is 17.9 Å². The minimum absolute atomic E-state index is 0.0392. The first-order valence-corrected chi connectivity index (χ1v) is 7.30. The van der Waals surface area contributed by atoms with Gasteiger partial charge in [-0.15, -0.1) is 0 Å². The summed E-state index contributed by atoms with van der Waals surface area (Å²) in [6, 6.07) is 7.51. The van der Waals surface area contributed by atoms with Gasteiger partial charge in [0.25, 0.3) is 0 Å². The van der Waals surface area contributed by atoms with Crippen LogP contribution in [0.1, 0.15) is 24.8 Å². The number of carbonyl (C=O) groups is 2. The van der Waals surface area contributed by atoms with Crippen molar-refractivity contribution < 1.29 is 14.7 Å². The molecule has 0 aromatic heterocycles. The van der Waals surface area contributed by atoms with E-state index in [0.29, 0.717) is 13.0 Å². The third-order valence-electron chi connectivity index (χ3n) is 4.19. The van der Waals surface area contributed by atoms with Crippen LogP contribution in [0.15, 0.2) is 24.3 Å². The van der Waals surface area contributed by atoms with E-state index in [1.165, 1.54) is 0 Å². The molecule has 1 aromatic carbocycles. The predicted octanol–water partition coefficient (Wildman–Crippen LogP) is 2.64. The second-order valence-electron chi connectivity index (χ2n) is 5.72. The maximum absolute atomic E-state index is 12.2. The second kappa shape index (κ2) is 6.61. The number of carbonyl (C=O) groups excluding carboxylic acids is 1. The van der Waals surface area contributed by atoms with Crippen LogP contribution in [0.25, 0.3) is 0 Å². The molecule has 2 rings (SSSR count). The average Bonchev–Trinajstić information content (AvgIpc) is 2.92. The Morgan fingerprint density at radius 3 is 2.81 bits per heavy atom. The van der Waals surface area contributed by atoms with E-state index in [9.17, 15) is 9.59 Å². The van der Waals surface area contributed by atoms with Gasteiger partial charge in [-0.1, -0.05) is 18.6 Å². The highest BCUT2D eigenvalue weighted by Gasteiger charge is 2.33. The maximum Gasteiger partial charge on any atom is 0.321 e. The normalized spacial score (nSPS) is 21.0. The molecule has 0 aliphatic heterocycles. The number of hydrogen-bond donors (Lipinski definition) is 2. The number of hydrogen-bond acceptors (Lipinski definition) is 2. The lowest BCUT2D eigenvalue weighted by Crippen LogP contribution is -2.41. The van der Waals surface area contributed by atoms with E-state index in [1.807, 2.05) is 31.2 Å². The van der Waals surface area contributed by atoms with Crippen molar-refractivity contribution in [1.82, 2.24) is 5.32 Å². The highest BCUT2D eigenvalue weighted by atomic mass is 16.4. The van der Waals surface area contributed by atoms with Gasteiger partial charge in [0.15, 0.2) is 0 Å². The molecule has 1 aromatic rings. The summed E-state index contributed by atoms with van der Waals surface area (Å²) in [5, 5.41) is 12.0. The Morgan fingerprint density at radius 1 is 1.38 bits per heavy atom. The van der Waals surface area contributed by atoms with Crippen LogP contribution in [-0.2, 0) is 4.79 Å². The molecule has 2 unspecified atom stereocenters. The number of anilines is 1. The summed E-state index contributed by atoms with van der Waals surface area (Å²) in [5.41, 5.74) is 1.92. The first-order chi connectivity index (χ1) is 9.99. The first-order valence-electron chi connectivity index (χ1n) is 7.30. The van der Waals surface area contributed by atoms with E-state index in [4.69, 9.17) is 5.11 Å². The summed E-state index contributed by atoms with van der Waals surface area (Å²) in [5.74, 6) is -1.04. The number of aryl methyl sites for hydroxylation is 1. The lowest BCUT2D eigenvalue weighted by molar-refractivity contribution is -0.142. The minimum atomic E-state index is -0.751. The molecule has 1 aliphatic carbocycles. The Balaban J connectivity index is 1.91. The van der Waals surface area contributed by atoms with Gasteiger partial charge < -0.3 is 10.4 Å². The number of benzene rings is 1. The van der Waals surface area contributed by atoms with Crippen LogP contribution in [0.5, 0.6) is 0 Å². The molecule has 2 N–H and O–H groups in total. The molecular formula is C16H22N2O3. The fraction of sp³-hybridized carbons (Fsp3) is 0.500. The smallest absolute Gasteiger partial charge is 0.321 e. The minimum Gasteiger partial charge on any atom is -0.481 e. The number of aliphatic carboxylic acids is 1. The molecule has 21 heavy (non-hydrogen) atoms. The zero-order valence-electron chi connectivity index (χ0n) is 12.5. The Hall–Kier alpha value is -2.04. The lowest BCUT2D eigenvalue weighted by atomic mass is 9.96. The zero-order valence-corrected chi connectivity index (χ0v) is 12.5. The second-order valence-corrected chi connectivity index (χ2v) is 5.72. The molecule has 1 fully saturated rings. The van der Waals surface area contributed by atoms with Crippen molar-refractivity contribution in [3.63, 3.8) is 0 Å². The molecule has 0 spiro atoms. The Morgan fingerprint density at radius 2 is 2.14 bits per heavy atom. The van der Waals surface area contributed by atoms with E-state index in [0.717, 1.165) is 24.1 Å². The monoisotopic (exact) mass is 290 g/mol. The predicted molar refractivity (Wildman–Crippen MR) is 81.4 cm³/mol. The van der Waals surface area contributed by atoms with Gasteiger partial charge in [0, 0.05) is 19.3 Å². The Labute approximate surface area is 125 Å². The molecule has 5 nitrogen and oxygen atoms in total. The summed E-state index contributed by atoms with van der Waals surface area (Å²) >= 11 is 0. The summed E-state index contributed by atoms with van der Waals surface area (Å²) in [6.07, 6.45) is 2.50. The number of nitrogens with one attached hydrogen (secondary N) is 1. The third kappa shape index (κ3) is 3.74. The van der Waals surface area contributed by atoms with Gasteiger partial charge in [-0.3, -0.25) is 9.69 Å². The highest BCUT2D eigenvalue weighted by molar-refractivity contribution is 5.91. The van der Waals surface area contributed by atoms with E-state index in [1.54, 1.807) is 11.9 Å². The molecule has 1 saturated carbocycles. The maximum atomic E-state index is 12.2. The van der Waals surface area contributed by atoms with Crippen LogP contribution < -0.4 is 10.2 Å². The molecule has 0 saturated heterocycles. The third-order valence-corrected chi connectivity index (χ3v) is 4.19. The first kappa shape index (κ1) is 15.4. The van der Waals surface area contributed by atoms with Crippen molar-refractivity contribution in [2.24, 2.45) is 11.8 Å². The van der Waals surface area contributed by atoms with E-state index >= 15 is 0 Å². The largest absolute Gasteiger partial charge is 0.481 e. The van der Waals surface area contributed by atoms with Gasteiger partial charge in [0.05, 0.1) is 5.92 Å². The molecule has 0 heterocycles. The van der Waals surface area contributed by atoms with Gasteiger partial charge in [-0.25, -0.2) is 4.79 Å². The summed E-state index contributed by atoms with van der Waals surface area (Å²) < 4.78 is 0. The zero-order chi connectivity index (χ0) is 15.4. The van der Waals surface area contributed by atoms with E-state index < -0.39 is 5.97 Å². The fourth-order valence-corrected chi connectivity index (χ4v) is 2.90. The number of carboxylic acids is 1. The van der Waals surface area contributed by atoms with Gasteiger partial charge in [-0.2, -0.15) is 0 Å². The van der Waals surface area contributed by atoms with Crippen molar-refractivity contribution in [3.05, 3.63) is 29.8 Å².